The van der Waals surface area contributed by atoms with Crippen LogP contribution in [-0.2, 0) is 14.4 Å². The molecule has 35 heavy (non-hydrogen) atoms. The topological polar surface area (TPSA) is 88.7 Å². The van der Waals surface area contributed by atoms with Crippen LogP contribution in [0.2, 0.25) is 10.0 Å². The molecule has 7 nitrogen and oxygen atoms in total. The standard InChI is InChI=1S/C24H23Cl2F2N3O4/c25-15-3-1-13(9-17(15)27)21-29-22(35-31-21)24-7-5-23(6-8-24,11-19(24)32)30-20(33)12-34-14-2-4-16(26)18(28)10-14/h1-4,9-10,21-22,29,31H,5-8,11-12H2,(H,30,33). The van der Waals surface area contributed by atoms with Crippen molar-refractivity contribution >= 4 is 34.9 Å². The van der Waals surface area contributed by atoms with Crippen molar-refractivity contribution in [2.45, 2.75) is 50.0 Å². The van der Waals surface area contributed by atoms with Crippen molar-refractivity contribution in [1.29, 1.82) is 0 Å². The third-order valence-electron chi connectivity index (χ3n) is 7.22. The number of Topliss-reactive ketones (excluding diaryl/α,β-unsaturated/α-hetero) is 1. The lowest BCUT2D eigenvalue weighted by Gasteiger charge is -2.53. The fourth-order valence-electron chi connectivity index (χ4n) is 5.22. The first-order chi connectivity index (χ1) is 16.7. The summed E-state index contributed by atoms with van der Waals surface area (Å²) in [4.78, 5) is 31.6. The second-order valence-corrected chi connectivity index (χ2v) is 10.2. The van der Waals surface area contributed by atoms with Crippen LogP contribution in [0.25, 0.3) is 0 Å². The second-order valence-electron chi connectivity index (χ2n) is 9.34. The van der Waals surface area contributed by atoms with Gasteiger partial charge < -0.3 is 10.1 Å². The van der Waals surface area contributed by atoms with Crippen LogP contribution in [0.15, 0.2) is 36.4 Å². The molecule has 11 heteroatoms. The maximum absolute atomic E-state index is 13.9. The average Bonchev–Trinajstić information content (AvgIpc) is 3.33. The Bertz CT molecular complexity index is 1170. The molecule has 3 N–H and O–H groups in total. The van der Waals surface area contributed by atoms with E-state index in [0.717, 1.165) is 6.07 Å². The second kappa shape index (κ2) is 9.29. The molecule has 1 amide bonds. The summed E-state index contributed by atoms with van der Waals surface area (Å²) in [7, 11) is 0. The molecule has 2 unspecified atom stereocenters. The number of ketones is 1. The van der Waals surface area contributed by atoms with E-state index >= 15 is 0 Å². The summed E-state index contributed by atoms with van der Waals surface area (Å²) in [6.07, 6.45) is 1.35. The molecular formula is C24H23Cl2F2N3O4. The number of fused-ring (bicyclic) bond motifs is 3. The van der Waals surface area contributed by atoms with Gasteiger partial charge in [-0.25, -0.2) is 8.78 Å². The first-order valence-electron chi connectivity index (χ1n) is 11.2. The summed E-state index contributed by atoms with van der Waals surface area (Å²) in [5.74, 6) is -1.37. The molecule has 1 heterocycles. The molecule has 1 aliphatic heterocycles. The summed E-state index contributed by atoms with van der Waals surface area (Å²) >= 11 is 11.4. The van der Waals surface area contributed by atoms with E-state index in [2.05, 4.69) is 16.1 Å². The van der Waals surface area contributed by atoms with E-state index in [-0.39, 0.29) is 40.5 Å². The minimum absolute atomic E-state index is 0.00164. The van der Waals surface area contributed by atoms with E-state index in [1.54, 1.807) is 6.07 Å². The highest BCUT2D eigenvalue weighted by atomic mass is 35.5. The molecule has 6 rings (SSSR count). The highest BCUT2D eigenvalue weighted by Gasteiger charge is 2.60. The Hall–Kier alpha value is -2.30. The van der Waals surface area contributed by atoms with Crippen molar-refractivity contribution in [2.75, 3.05) is 6.61 Å². The van der Waals surface area contributed by atoms with Crippen molar-refractivity contribution in [3.8, 4) is 5.75 Å². The Morgan fingerprint density at radius 3 is 2.43 bits per heavy atom. The number of hydrogen-bond acceptors (Lipinski definition) is 6. The fraction of sp³-hybridized carbons (Fsp3) is 0.417. The van der Waals surface area contributed by atoms with E-state index in [1.807, 2.05) is 0 Å². The molecule has 0 aromatic heterocycles. The van der Waals surface area contributed by atoms with Gasteiger partial charge in [-0.3, -0.25) is 19.7 Å². The molecule has 186 valence electrons. The van der Waals surface area contributed by atoms with Gasteiger partial charge in [0.25, 0.3) is 5.91 Å². The molecule has 0 spiro atoms. The van der Waals surface area contributed by atoms with Gasteiger partial charge >= 0.3 is 0 Å². The Labute approximate surface area is 210 Å². The summed E-state index contributed by atoms with van der Waals surface area (Å²) in [5.41, 5.74) is 2.07. The van der Waals surface area contributed by atoms with Crippen LogP contribution in [0, 0.1) is 17.0 Å². The van der Waals surface area contributed by atoms with E-state index in [0.29, 0.717) is 31.2 Å². The van der Waals surface area contributed by atoms with Gasteiger partial charge in [0.1, 0.15) is 35.6 Å². The molecule has 4 fully saturated rings. The number of nitrogens with one attached hydrogen (secondary N) is 3. The molecule has 2 aromatic carbocycles. The minimum Gasteiger partial charge on any atom is -0.484 e. The van der Waals surface area contributed by atoms with Gasteiger partial charge in [-0.05, 0) is 55.5 Å². The smallest absolute Gasteiger partial charge is 0.258 e. The van der Waals surface area contributed by atoms with Crippen molar-refractivity contribution in [2.24, 2.45) is 5.41 Å². The lowest BCUT2D eigenvalue weighted by atomic mass is 9.55. The number of hydroxylamine groups is 1. The Morgan fingerprint density at radius 2 is 1.77 bits per heavy atom. The normalized spacial score (nSPS) is 29.9. The van der Waals surface area contributed by atoms with Gasteiger partial charge in [0.15, 0.2) is 6.61 Å². The van der Waals surface area contributed by atoms with Crippen molar-refractivity contribution < 1.29 is 27.9 Å². The molecule has 1 saturated heterocycles. The highest BCUT2D eigenvalue weighted by Crippen LogP contribution is 2.53. The van der Waals surface area contributed by atoms with Gasteiger partial charge in [0.2, 0.25) is 0 Å². The van der Waals surface area contributed by atoms with Crippen LogP contribution < -0.4 is 20.9 Å². The molecule has 0 radical (unpaired) electrons. The van der Waals surface area contributed by atoms with Crippen molar-refractivity contribution in [1.82, 2.24) is 16.1 Å². The van der Waals surface area contributed by atoms with Gasteiger partial charge in [0, 0.05) is 18.0 Å². The van der Waals surface area contributed by atoms with E-state index < -0.39 is 35.0 Å². The monoisotopic (exact) mass is 525 g/mol. The van der Waals surface area contributed by atoms with Gasteiger partial charge in [0.05, 0.1) is 15.5 Å². The number of carbonyl (C=O) groups excluding carboxylic acids is 2. The lowest BCUT2D eigenvalue weighted by Crippen LogP contribution is -2.65. The summed E-state index contributed by atoms with van der Waals surface area (Å²) in [6, 6.07) is 8.42. The zero-order chi connectivity index (χ0) is 24.8. The molecule has 2 aromatic rings. The number of carbonyl (C=O) groups is 2. The number of hydrogen-bond donors (Lipinski definition) is 3. The molecule has 2 bridgehead atoms. The maximum atomic E-state index is 13.9. The van der Waals surface area contributed by atoms with Crippen LogP contribution in [0.5, 0.6) is 5.75 Å². The SMILES string of the molecule is O=C(COc1ccc(Cl)c(F)c1)NC12CCC(C3NC(c4ccc(Cl)c(F)c4)NO3)(CC1)C(=O)C2. The summed E-state index contributed by atoms with van der Waals surface area (Å²) < 4.78 is 32.8. The average molecular weight is 526 g/mol. The zero-order valence-electron chi connectivity index (χ0n) is 18.5. The summed E-state index contributed by atoms with van der Waals surface area (Å²) in [5, 5.41) is 6.22. The first kappa shape index (κ1) is 24.4. The summed E-state index contributed by atoms with van der Waals surface area (Å²) in [6.45, 7) is -0.307. The van der Waals surface area contributed by atoms with Crippen LogP contribution in [-0.4, -0.2) is 30.1 Å². The molecule has 2 atom stereocenters. The Balaban J connectivity index is 1.19. The number of benzene rings is 2. The first-order valence-corrected chi connectivity index (χ1v) is 12.0. The van der Waals surface area contributed by atoms with E-state index in [9.17, 15) is 18.4 Å². The molecule has 3 saturated carbocycles. The van der Waals surface area contributed by atoms with Crippen LogP contribution >= 0.6 is 23.2 Å². The van der Waals surface area contributed by atoms with Gasteiger partial charge in [-0.1, -0.05) is 29.3 Å². The third kappa shape index (κ3) is 4.63. The third-order valence-corrected chi connectivity index (χ3v) is 7.83. The minimum atomic E-state index is -0.740. The largest absolute Gasteiger partial charge is 0.484 e. The van der Waals surface area contributed by atoms with Crippen LogP contribution in [0.4, 0.5) is 8.78 Å². The molecule has 4 aliphatic rings. The lowest BCUT2D eigenvalue weighted by molar-refractivity contribution is -0.160. The predicted octanol–water partition coefficient (Wildman–Crippen LogP) is 4.19. The fourth-order valence-corrected chi connectivity index (χ4v) is 5.46. The molecule has 3 aliphatic carbocycles. The number of rotatable bonds is 6. The number of ether oxygens (including phenoxy) is 1. The molecular weight excluding hydrogens is 503 g/mol. The zero-order valence-corrected chi connectivity index (χ0v) is 20.0. The van der Waals surface area contributed by atoms with Gasteiger partial charge in [-0.2, -0.15) is 5.48 Å². The number of amides is 1. The predicted molar refractivity (Wildman–Crippen MR) is 124 cm³/mol. The van der Waals surface area contributed by atoms with Crippen molar-refractivity contribution in [3.63, 3.8) is 0 Å². The highest BCUT2D eigenvalue weighted by molar-refractivity contribution is 6.31. The van der Waals surface area contributed by atoms with E-state index in [4.69, 9.17) is 32.8 Å². The number of halogens is 4. The van der Waals surface area contributed by atoms with Crippen LogP contribution in [0.3, 0.4) is 0 Å². The van der Waals surface area contributed by atoms with Gasteiger partial charge in [-0.15, -0.1) is 0 Å². The van der Waals surface area contributed by atoms with Crippen molar-refractivity contribution in [3.05, 3.63) is 63.6 Å². The Morgan fingerprint density at radius 1 is 1.09 bits per heavy atom. The quantitative estimate of drug-likeness (QED) is 0.524. The maximum Gasteiger partial charge on any atom is 0.258 e. The Kier molecular flexibility index (Phi) is 6.48. The van der Waals surface area contributed by atoms with E-state index in [1.165, 1.54) is 24.3 Å². The van der Waals surface area contributed by atoms with Crippen LogP contribution in [0.1, 0.15) is 43.8 Å².